The summed E-state index contributed by atoms with van der Waals surface area (Å²) in [6, 6.07) is 16.3. The fourth-order valence-corrected chi connectivity index (χ4v) is 2.42. The Kier molecular flexibility index (Phi) is 4.96. The molecule has 1 aliphatic carbocycles. The van der Waals surface area contributed by atoms with E-state index in [1.54, 1.807) is 7.11 Å². The van der Waals surface area contributed by atoms with E-state index in [2.05, 4.69) is 29.6 Å². The fourth-order valence-electron chi connectivity index (χ4n) is 2.42. The Balaban J connectivity index is 1.61. The Morgan fingerprint density at radius 1 is 1.00 bits per heavy atom. The van der Waals surface area contributed by atoms with Gasteiger partial charge >= 0.3 is 0 Å². The van der Waals surface area contributed by atoms with Crippen LogP contribution >= 0.6 is 0 Å². The standard InChI is InChI=1S/C19H23NO2/c1-21-18-10-9-17(13-20-12-15-7-8-15)11-19(18)22-14-16-5-3-2-4-6-16/h2-6,9-11,15,20H,7-8,12-14H2,1H3. The normalized spacial score (nSPS) is 13.9. The van der Waals surface area contributed by atoms with E-state index in [1.807, 2.05) is 24.3 Å². The van der Waals surface area contributed by atoms with Crippen molar-refractivity contribution in [3.8, 4) is 11.5 Å². The molecule has 3 rings (SSSR count). The van der Waals surface area contributed by atoms with Gasteiger partial charge in [-0.2, -0.15) is 0 Å². The van der Waals surface area contributed by atoms with Crippen LogP contribution in [0.25, 0.3) is 0 Å². The molecule has 1 N–H and O–H groups in total. The Labute approximate surface area is 132 Å². The second-order valence-electron chi connectivity index (χ2n) is 5.83. The van der Waals surface area contributed by atoms with Crippen LogP contribution in [-0.2, 0) is 13.2 Å². The van der Waals surface area contributed by atoms with Gasteiger partial charge in [0.15, 0.2) is 11.5 Å². The molecule has 22 heavy (non-hydrogen) atoms. The first-order valence-corrected chi connectivity index (χ1v) is 7.89. The maximum absolute atomic E-state index is 5.94. The highest BCUT2D eigenvalue weighted by Gasteiger charge is 2.20. The lowest BCUT2D eigenvalue weighted by atomic mass is 10.2. The zero-order valence-electron chi connectivity index (χ0n) is 13.0. The Morgan fingerprint density at radius 2 is 1.82 bits per heavy atom. The zero-order valence-corrected chi connectivity index (χ0v) is 13.0. The number of hydrogen-bond donors (Lipinski definition) is 1. The summed E-state index contributed by atoms with van der Waals surface area (Å²) in [5.74, 6) is 2.48. The molecule has 3 heteroatoms. The van der Waals surface area contributed by atoms with Crippen molar-refractivity contribution in [2.24, 2.45) is 5.92 Å². The van der Waals surface area contributed by atoms with E-state index < -0.39 is 0 Å². The SMILES string of the molecule is COc1ccc(CNCC2CC2)cc1OCc1ccccc1. The van der Waals surface area contributed by atoms with Crippen molar-refractivity contribution in [3.63, 3.8) is 0 Å². The summed E-state index contributed by atoms with van der Waals surface area (Å²) in [6.07, 6.45) is 2.75. The molecule has 0 heterocycles. The minimum Gasteiger partial charge on any atom is -0.493 e. The number of methoxy groups -OCH3 is 1. The summed E-state index contributed by atoms with van der Waals surface area (Å²) in [7, 11) is 1.68. The highest BCUT2D eigenvalue weighted by molar-refractivity contribution is 5.43. The summed E-state index contributed by atoms with van der Waals surface area (Å²) in [5.41, 5.74) is 2.38. The van der Waals surface area contributed by atoms with Crippen molar-refractivity contribution in [2.75, 3.05) is 13.7 Å². The van der Waals surface area contributed by atoms with E-state index >= 15 is 0 Å². The summed E-state index contributed by atoms with van der Waals surface area (Å²) in [6.45, 7) is 2.55. The van der Waals surface area contributed by atoms with Crippen molar-refractivity contribution in [1.29, 1.82) is 0 Å². The number of ether oxygens (including phenoxy) is 2. The molecule has 0 spiro atoms. The smallest absolute Gasteiger partial charge is 0.161 e. The number of benzene rings is 2. The molecular formula is C19H23NO2. The second-order valence-corrected chi connectivity index (χ2v) is 5.83. The minimum atomic E-state index is 0.552. The lowest BCUT2D eigenvalue weighted by Gasteiger charge is -2.13. The molecule has 1 saturated carbocycles. The molecule has 0 aromatic heterocycles. The summed E-state index contributed by atoms with van der Waals surface area (Å²) in [4.78, 5) is 0. The van der Waals surface area contributed by atoms with Crippen molar-refractivity contribution in [1.82, 2.24) is 5.32 Å². The fraction of sp³-hybridized carbons (Fsp3) is 0.368. The predicted octanol–water partition coefficient (Wildman–Crippen LogP) is 3.77. The van der Waals surface area contributed by atoms with Gasteiger partial charge < -0.3 is 14.8 Å². The molecule has 0 atom stereocenters. The molecule has 0 aliphatic heterocycles. The third-order valence-electron chi connectivity index (χ3n) is 3.92. The number of rotatable bonds is 8. The molecule has 3 nitrogen and oxygen atoms in total. The molecular weight excluding hydrogens is 274 g/mol. The van der Waals surface area contributed by atoms with Gasteiger partial charge in [0, 0.05) is 6.54 Å². The summed E-state index contributed by atoms with van der Waals surface area (Å²) >= 11 is 0. The molecule has 0 saturated heterocycles. The highest BCUT2D eigenvalue weighted by atomic mass is 16.5. The number of hydrogen-bond acceptors (Lipinski definition) is 3. The minimum absolute atomic E-state index is 0.552. The average Bonchev–Trinajstić information content (AvgIpc) is 3.38. The van der Waals surface area contributed by atoms with Crippen LogP contribution in [0, 0.1) is 5.92 Å². The Hall–Kier alpha value is -2.00. The van der Waals surface area contributed by atoms with E-state index in [-0.39, 0.29) is 0 Å². The average molecular weight is 297 g/mol. The summed E-state index contributed by atoms with van der Waals surface area (Å²) < 4.78 is 11.3. The van der Waals surface area contributed by atoms with Gasteiger partial charge in [-0.05, 0) is 48.6 Å². The molecule has 2 aromatic rings. The van der Waals surface area contributed by atoms with Crippen LogP contribution in [0.2, 0.25) is 0 Å². The Morgan fingerprint density at radius 3 is 2.55 bits per heavy atom. The first-order valence-electron chi connectivity index (χ1n) is 7.89. The van der Waals surface area contributed by atoms with Gasteiger partial charge in [-0.3, -0.25) is 0 Å². The van der Waals surface area contributed by atoms with Crippen LogP contribution in [-0.4, -0.2) is 13.7 Å². The largest absolute Gasteiger partial charge is 0.493 e. The van der Waals surface area contributed by atoms with Gasteiger partial charge in [-0.25, -0.2) is 0 Å². The van der Waals surface area contributed by atoms with Crippen LogP contribution in [0.5, 0.6) is 11.5 Å². The van der Waals surface area contributed by atoms with Crippen molar-refractivity contribution < 1.29 is 9.47 Å². The van der Waals surface area contributed by atoms with Gasteiger partial charge in [-0.15, -0.1) is 0 Å². The van der Waals surface area contributed by atoms with Crippen molar-refractivity contribution >= 4 is 0 Å². The Bertz CT molecular complexity index is 594. The van der Waals surface area contributed by atoms with Gasteiger partial charge in [0.1, 0.15) is 6.61 Å². The molecule has 2 aromatic carbocycles. The number of nitrogens with one attached hydrogen (secondary N) is 1. The molecule has 1 fully saturated rings. The second kappa shape index (κ2) is 7.32. The first-order chi connectivity index (χ1) is 10.8. The molecule has 116 valence electrons. The maximum atomic E-state index is 5.94. The topological polar surface area (TPSA) is 30.5 Å². The summed E-state index contributed by atoms with van der Waals surface area (Å²) in [5, 5.41) is 3.51. The molecule has 0 amide bonds. The van der Waals surface area contributed by atoms with Gasteiger partial charge in [0.25, 0.3) is 0 Å². The van der Waals surface area contributed by atoms with Crippen LogP contribution in [0.15, 0.2) is 48.5 Å². The third kappa shape index (κ3) is 4.25. The monoisotopic (exact) mass is 297 g/mol. The predicted molar refractivity (Wildman–Crippen MR) is 88.2 cm³/mol. The molecule has 0 bridgehead atoms. The lowest BCUT2D eigenvalue weighted by Crippen LogP contribution is -2.16. The van der Waals surface area contributed by atoms with Crippen LogP contribution in [0.3, 0.4) is 0 Å². The van der Waals surface area contributed by atoms with Crippen molar-refractivity contribution in [3.05, 3.63) is 59.7 Å². The van der Waals surface area contributed by atoms with E-state index in [4.69, 9.17) is 9.47 Å². The van der Waals surface area contributed by atoms with E-state index in [0.717, 1.165) is 36.1 Å². The van der Waals surface area contributed by atoms with Gasteiger partial charge in [-0.1, -0.05) is 36.4 Å². The molecule has 0 unspecified atom stereocenters. The first kappa shape index (κ1) is 14.9. The molecule has 1 aliphatic rings. The van der Waals surface area contributed by atoms with E-state index in [1.165, 1.54) is 18.4 Å². The van der Waals surface area contributed by atoms with Crippen molar-refractivity contribution in [2.45, 2.75) is 26.0 Å². The maximum Gasteiger partial charge on any atom is 0.161 e. The zero-order chi connectivity index (χ0) is 15.2. The highest BCUT2D eigenvalue weighted by Crippen LogP contribution is 2.30. The van der Waals surface area contributed by atoms with Crippen LogP contribution < -0.4 is 14.8 Å². The third-order valence-corrected chi connectivity index (χ3v) is 3.92. The quantitative estimate of drug-likeness (QED) is 0.804. The van der Waals surface area contributed by atoms with Gasteiger partial charge in [0.05, 0.1) is 7.11 Å². The van der Waals surface area contributed by atoms with E-state index in [0.29, 0.717) is 6.61 Å². The lowest BCUT2D eigenvalue weighted by molar-refractivity contribution is 0.284. The van der Waals surface area contributed by atoms with Crippen LogP contribution in [0.4, 0.5) is 0 Å². The van der Waals surface area contributed by atoms with Crippen LogP contribution in [0.1, 0.15) is 24.0 Å². The molecule has 0 radical (unpaired) electrons. The van der Waals surface area contributed by atoms with E-state index in [9.17, 15) is 0 Å². The van der Waals surface area contributed by atoms with Gasteiger partial charge in [0.2, 0.25) is 0 Å².